The highest BCUT2D eigenvalue weighted by atomic mass is 79.9. The number of halogens is 1. The van der Waals surface area contributed by atoms with Gasteiger partial charge in [0.15, 0.2) is 0 Å². The number of carbonyl (C=O) groups excluding carboxylic acids is 1. The molecule has 0 aliphatic carbocycles. The molecule has 0 saturated carbocycles. The van der Waals surface area contributed by atoms with Crippen LogP contribution in [-0.2, 0) is 4.79 Å². The number of rotatable bonds is 8. The third-order valence-electron chi connectivity index (χ3n) is 3.38. The maximum absolute atomic E-state index is 12.0. The number of hydrogen-bond acceptors (Lipinski definition) is 3. The monoisotopic (exact) mass is 390 g/mol. The zero-order valence-electron chi connectivity index (χ0n) is 14.0. The Morgan fingerprint density at radius 1 is 1.12 bits per heavy atom. The maximum atomic E-state index is 12.0. The Kier molecular flexibility index (Phi) is 7.12. The lowest BCUT2D eigenvalue weighted by atomic mass is 10.1. The van der Waals surface area contributed by atoms with Crippen molar-refractivity contribution in [3.05, 3.63) is 53.0 Å². The highest BCUT2D eigenvalue weighted by Crippen LogP contribution is 2.18. The van der Waals surface area contributed by atoms with Gasteiger partial charge in [-0.2, -0.15) is 0 Å². The number of amides is 1. The molecule has 0 spiro atoms. The minimum atomic E-state index is -0.0940. The van der Waals surface area contributed by atoms with Gasteiger partial charge >= 0.3 is 0 Å². The Morgan fingerprint density at radius 3 is 2.58 bits per heavy atom. The van der Waals surface area contributed by atoms with Gasteiger partial charge in [0.2, 0.25) is 5.91 Å². The summed E-state index contributed by atoms with van der Waals surface area (Å²) in [5.74, 6) is 1.34. The second kappa shape index (κ2) is 9.33. The van der Waals surface area contributed by atoms with Crippen LogP contribution in [0.15, 0.2) is 53.0 Å². The fraction of sp³-hybridized carbons (Fsp3) is 0.316. The molecule has 5 heteroatoms. The van der Waals surface area contributed by atoms with Crippen molar-refractivity contribution >= 4 is 33.2 Å². The van der Waals surface area contributed by atoms with Gasteiger partial charge in [-0.05, 0) is 48.7 Å². The van der Waals surface area contributed by atoms with Crippen molar-refractivity contribution in [2.75, 3.05) is 23.8 Å². The molecular formula is C19H23BrN2O2. The first-order chi connectivity index (χ1) is 11.5. The van der Waals surface area contributed by atoms with Crippen LogP contribution in [0.5, 0.6) is 5.75 Å². The van der Waals surface area contributed by atoms with Crippen molar-refractivity contribution in [3.63, 3.8) is 0 Å². The Bertz CT molecular complexity index is 657. The summed E-state index contributed by atoms with van der Waals surface area (Å²) in [6.07, 6.45) is 1.02. The lowest BCUT2D eigenvalue weighted by Crippen LogP contribution is -2.21. The van der Waals surface area contributed by atoms with Crippen LogP contribution in [0, 0.1) is 5.92 Å². The zero-order valence-corrected chi connectivity index (χ0v) is 15.6. The molecular weight excluding hydrogens is 368 g/mol. The molecule has 128 valence electrons. The largest absolute Gasteiger partial charge is 0.494 e. The molecule has 0 unspecified atom stereocenters. The smallest absolute Gasteiger partial charge is 0.243 e. The molecule has 0 fully saturated rings. The van der Waals surface area contributed by atoms with E-state index in [1.807, 2.05) is 48.5 Å². The minimum Gasteiger partial charge on any atom is -0.494 e. The second-order valence-electron chi connectivity index (χ2n) is 5.97. The third-order valence-corrected chi connectivity index (χ3v) is 3.91. The van der Waals surface area contributed by atoms with E-state index in [0.717, 1.165) is 28.0 Å². The van der Waals surface area contributed by atoms with Crippen LogP contribution in [0.4, 0.5) is 11.4 Å². The van der Waals surface area contributed by atoms with Crippen LogP contribution in [0.2, 0.25) is 0 Å². The van der Waals surface area contributed by atoms with Crippen molar-refractivity contribution in [1.82, 2.24) is 0 Å². The Morgan fingerprint density at radius 2 is 1.88 bits per heavy atom. The van der Waals surface area contributed by atoms with Crippen molar-refractivity contribution < 1.29 is 9.53 Å². The summed E-state index contributed by atoms with van der Waals surface area (Å²) >= 11 is 3.37. The molecule has 2 rings (SSSR count). The summed E-state index contributed by atoms with van der Waals surface area (Å²) in [6, 6.07) is 15.2. The molecule has 0 aromatic heterocycles. The van der Waals surface area contributed by atoms with Gasteiger partial charge in [-0.3, -0.25) is 4.79 Å². The first kappa shape index (κ1) is 18.3. The summed E-state index contributed by atoms with van der Waals surface area (Å²) in [5.41, 5.74) is 1.64. The predicted octanol–water partition coefficient (Wildman–Crippen LogP) is 4.92. The van der Waals surface area contributed by atoms with Gasteiger partial charge < -0.3 is 15.4 Å². The van der Waals surface area contributed by atoms with Gasteiger partial charge in [-0.1, -0.05) is 35.8 Å². The molecule has 0 radical (unpaired) electrons. The number of carbonyl (C=O) groups is 1. The van der Waals surface area contributed by atoms with Gasteiger partial charge in [0.05, 0.1) is 13.2 Å². The molecule has 0 aliphatic heterocycles. The normalized spacial score (nSPS) is 10.5. The van der Waals surface area contributed by atoms with E-state index in [0.29, 0.717) is 12.5 Å². The maximum Gasteiger partial charge on any atom is 0.243 e. The topological polar surface area (TPSA) is 50.4 Å². The summed E-state index contributed by atoms with van der Waals surface area (Å²) < 4.78 is 6.71. The molecule has 0 heterocycles. The van der Waals surface area contributed by atoms with E-state index in [1.165, 1.54) is 0 Å². The predicted molar refractivity (Wildman–Crippen MR) is 103 cm³/mol. The summed E-state index contributed by atoms with van der Waals surface area (Å²) in [5, 5.41) is 5.96. The van der Waals surface area contributed by atoms with Crippen LogP contribution in [-0.4, -0.2) is 19.1 Å². The fourth-order valence-corrected chi connectivity index (χ4v) is 2.29. The Balaban J connectivity index is 1.80. The average molecular weight is 391 g/mol. The minimum absolute atomic E-state index is 0.0940. The van der Waals surface area contributed by atoms with Gasteiger partial charge in [0.1, 0.15) is 5.75 Å². The average Bonchev–Trinajstić information content (AvgIpc) is 2.55. The van der Waals surface area contributed by atoms with E-state index in [2.05, 4.69) is 40.4 Å². The zero-order chi connectivity index (χ0) is 17.4. The molecule has 0 aliphatic rings. The van der Waals surface area contributed by atoms with Crippen LogP contribution in [0.1, 0.15) is 20.3 Å². The highest BCUT2D eigenvalue weighted by Gasteiger charge is 2.03. The first-order valence-corrected chi connectivity index (χ1v) is 8.84. The van der Waals surface area contributed by atoms with Gasteiger partial charge in [-0.25, -0.2) is 0 Å². The van der Waals surface area contributed by atoms with Crippen molar-refractivity contribution in [1.29, 1.82) is 0 Å². The SMILES string of the molecule is CC(C)CCOc1cccc(NCC(=O)Nc2ccc(Br)cc2)c1. The molecule has 24 heavy (non-hydrogen) atoms. The third kappa shape index (κ3) is 6.62. The number of hydrogen-bond donors (Lipinski definition) is 2. The van der Waals surface area contributed by atoms with Gasteiger partial charge in [-0.15, -0.1) is 0 Å². The Labute approximate surface area is 151 Å². The van der Waals surface area contributed by atoms with Gasteiger partial charge in [0.25, 0.3) is 0 Å². The number of ether oxygens (including phenoxy) is 1. The molecule has 0 atom stereocenters. The standard InChI is InChI=1S/C19H23BrN2O2/c1-14(2)10-11-24-18-5-3-4-17(12-18)21-13-19(23)22-16-8-6-15(20)7-9-16/h3-9,12,14,21H,10-11,13H2,1-2H3,(H,22,23). The van der Waals surface area contributed by atoms with E-state index >= 15 is 0 Å². The number of anilines is 2. The van der Waals surface area contributed by atoms with Gasteiger partial charge in [0, 0.05) is 21.9 Å². The second-order valence-corrected chi connectivity index (χ2v) is 6.88. The fourth-order valence-electron chi connectivity index (χ4n) is 2.03. The van der Waals surface area contributed by atoms with Crippen LogP contribution >= 0.6 is 15.9 Å². The van der Waals surface area contributed by atoms with Crippen LogP contribution in [0.3, 0.4) is 0 Å². The molecule has 2 aromatic rings. The number of benzene rings is 2. The molecule has 2 aromatic carbocycles. The van der Waals surface area contributed by atoms with E-state index in [-0.39, 0.29) is 12.5 Å². The summed E-state index contributed by atoms with van der Waals surface area (Å²) in [4.78, 5) is 12.0. The molecule has 4 nitrogen and oxygen atoms in total. The molecule has 0 saturated heterocycles. The lowest BCUT2D eigenvalue weighted by Gasteiger charge is -2.11. The van der Waals surface area contributed by atoms with E-state index in [1.54, 1.807) is 0 Å². The van der Waals surface area contributed by atoms with Crippen LogP contribution in [0.25, 0.3) is 0 Å². The quantitative estimate of drug-likeness (QED) is 0.671. The van der Waals surface area contributed by atoms with E-state index in [4.69, 9.17) is 4.74 Å². The number of nitrogens with one attached hydrogen (secondary N) is 2. The van der Waals surface area contributed by atoms with E-state index < -0.39 is 0 Å². The first-order valence-electron chi connectivity index (χ1n) is 8.05. The Hall–Kier alpha value is -2.01. The van der Waals surface area contributed by atoms with E-state index in [9.17, 15) is 4.79 Å². The van der Waals surface area contributed by atoms with Crippen LogP contribution < -0.4 is 15.4 Å². The lowest BCUT2D eigenvalue weighted by molar-refractivity contribution is -0.114. The van der Waals surface area contributed by atoms with Crippen molar-refractivity contribution in [3.8, 4) is 5.75 Å². The van der Waals surface area contributed by atoms with Crippen molar-refractivity contribution in [2.24, 2.45) is 5.92 Å². The molecule has 0 bridgehead atoms. The molecule has 2 N–H and O–H groups in total. The highest BCUT2D eigenvalue weighted by molar-refractivity contribution is 9.10. The summed E-state index contributed by atoms with van der Waals surface area (Å²) in [7, 11) is 0. The molecule has 1 amide bonds. The van der Waals surface area contributed by atoms with Crippen molar-refractivity contribution in [2.45, 2.75) is 20.3 Å². The summed E-state index contributed by atoms with van der Waals surface area (Å²) in [6.45, 7) is 5.24.